The molecule has 1 aromatic carbocycles. The summed E-state index contributed by atoms with van der Waals surface area (Å²) in [5.41, 5.74) is 1.89. The van der Waals surface area contributed by atoms with E-state index in [4.69, 9.17) is 9.15 Å². The Balaban J connectivity index is 1.10. The molecule has 0 radical (unpaired) electrons. The zero-order valence-electron chi connectivity index (χ0n) is 18.8. The third kappa shape index (κ3) is 5.13. The number of likely N-dealkylation sites (tertiary alicyclic amines) is 1. The van der Waals surface area contributed by atoms with Gasteiger partial charge in [0.2, 0.25) is 11.8 Å². The first-order valence-electron chi connectivity index (χ1n) is 11.6. The number of benzene rings is 1. The number of ketones is 1. The molecule has 0 spiro atoms. The molecule has 1 N–H and O–H groups in total. The van der Waals surface area contributed by atoms with Crippen molar-refractivity contribution >= 4 is 5.78 Å². The number of carbonyl (C=O) groups is 1. The number of fused-ring (bicyclic) bond motifs is 1. The molecule has 0 saturated carbocycles. The molecule has 3 aromatic rings. The molecule has 0 unspecified atom stereocenters. The van der Waals surface area contributed by atoms with Gasteiger partial charge in [-0.25, -0.2) is 9.37 Å². The van der Waals surface area contributed by atoms with Crippen molar-refractivity contribution in [1.29, 1.82) is 0 Å². The van der Waals surface area contributed by atoms with E-state index in [1.165, 1.54) is 12.1 Å². The van der Waals surface area contributed by atoms with E-state index in [1.807, 2.05) is 0 Å². The van der Waals surface area contributed by atoms with E-state index < -0.39 is 0 Å². The Kier molecular flexibility index (Phi) is 6.59. The SMILES string of the molecule is O=C(CCc1nc2c(c(=O)[nH]1)COCC2)CN1CCC(c2nnc(-c3ccc(F)cc3)o2)CC1. The first-order chi connectivity index (χ1) is 16.5. The van der Waals surface area contributed by atoms with E-state index in [2.05, 4.69) is 25.1 Å². The lowest BCUT2D eigenvalue weighted by Crippen LogP contribution is -2.37. The Labute approximate surface area is 195 Å². The number of aryl methyl sites for hydroxylation is 1. The van der Waals surface area contributed by atoms with Crippen LogP contribution in [0.4, 0.5) is 4.39 Å². The smallest absolute Gasteiger partial charge is 0.256 e. The van der Waals surface area contributed by atoms with Crippen LogP contribution in [0.5, 0.6) is 0 Å². The van der Waals surface area contributed by atoms with Gasteiger partial charge in [-0.15, -0.1) is 10.2 Å². The minimum absolute atomic E-state index is 0.124. The highest BCUT2D eigenvalue weighted by molar-refractivity contribution is 5.80. The molecule has 9 nitrogen and oxygen atoms in total. The van der Waals surface area contributed by atoms with Gasteiger partial charge in [-0.3, -0.25) is 14.5 Å². The Bertz CT molecular complexity index is 1210. The molecule has 1 fully saturated rings. The maximum atomic E-state index is 13.1. The summed E-state index contributed by atoms with van der Waals surface area (Å²) in [4.78, 5) is 34.2. The molecule has 2 aromatic heterocycles. The molecular weight excluding hydrogens is 441 g/mol. The molecule has 0 bridgehead atoms. The highest BCUT2D eigenvalue weighted by Crippen LogP contribution is 2.29. The lowest BCUT2D eigenvalue weighted by Gasteiger charge is -2.29. The second-order valence-corrected chi connectivity index (χ2v) is 8.78. The van der Waals surface area contributed by atoms with Crippen molar-refractivity contribution in [3.63, 3.8) is 0 Å². The van der Waals surface area contributed by atoms with E-state index in [-0.39, 0.29) is 23.1 Å². The van der Waals surface area contributed by atoms with Crippen LogP contribution in [-0.4, -0.2) is 57.1 Å². The second-order valence-electron chi connectivity index (χ2n) is 8.78. The summed E-state index contributed by atoms with van der Waals surface area (Å²) in [6, 6.07) is 5.96. The summed E-state index contributed by atoms with van der Waals surface area (Å²) in [7, 11) is 0. The summed E-state index contributed by atoms with van der Waals surface area (Å²) in [5.74, 6) is 1.48. The minimum Gasteiger partial charge on any atom is -0.420 e. The average molecular weight is 468 g/mol. The minimum atomic E-state index is -0.312. The molecule has 34 heavy (non-hydrogen) atoms. The number of H-pyrrole nitrogens is 1. The van der Waals surface area contributed by atoms with Gasteiger partial charge in [-0.05, 0) is 50.2 Å². The maximum Gasteiger partial charge on any atom is 0.256 e. The van der Waals surface area contributed by atoms with Gasteiger partial charge >= 0.3 is 0 Å². The van der Waals surface area contributed by atoms with Gasteiger partial charge in [0.05, 0.1) is 31.0 Å². The Morgan fingerprint density at radius 1 is 1.18 bits per heavy atom. The van der Waals surface area contributed by atoms with Gasteiger partial charge in [0.25, 0.3) is 5.56 Å². The number of rotatable bonds is 7. The third-order valence-corrected chi connectivity index (χ3v) is 6.39. The summed E-state index contributed by atoms with van der Waals surface area (Å²) < 4.78 is 24.3. The molecule has 1 saturated heterocycles. The van der Waals surface area contributed by atoms with Crippen molar-refractivity contribution in [3.05, 3.63) is 63.4 Å². The van der Waals surface area contributed by atoms with Gasteiger partial charge in [-0.2, -0.15) is 0 Å². The number of aromatic amines is 1. The van der Waals surface area contributed by atoms with Crippen molar-refractivity contribution in [2.24, 2.45) is 0 Å². The van der Waals surface area contributed by atoms with Crippen LogP contribution in [0.15, 0.2) is 33.5 Å². The van der Waals surface area contributed by atoms with Crippen LogP contribution in [-0.2, 0) is 29.0 Å². The van der Waals surface area contributed by atoms with Gasteiger partial charge in [-0.1, -0.05) is 0 Å². The van der Waals surface area contributed by atoms with Crippen molar-refractivity contribution in [2.45, 2.75) is 44.6 Å². The standard InChI is InChI=1S/C24H26FN5O4/c25-17-3-1-15(2-4-17)23-28-29-24(34-23)16-7-10-30(11-8-16)13-18(31)5-6-21-26-20-9-12-33-14-19(20)22(32)27-21/h1-4,16H,5-14H2,(H,26,27,32). The number of hydrogen-bond donors (Lipinski definition) is 1. The number of nitrogens with zero attached hydrogens (tertiary/aromatic N) is 4. The highest BCUT2D eigenvalue weighted by Gasteiger charge is 2.26. The lowest BCUT2D eigenvalue weighted by molar-refractivity contribution is -0.120. The Hall–Kier alpha value is -3.24. The number of piperidine rings is 1. The predicted octanol–water partition coefficient (Wildman–Crippen LogP) is 2.41. The number of aromatic nitrogens is 4. The fourth-order valence-electron chi connectivity index (χ4n) is 4.45. The number of carbonyl (C=O) groups excluding carboxylic acids is 1. The van der Waals surface area contributed by atoms with E-state index in [0.29, 0.717) is 67.8 Å². The molecule has 2 aliphatic rings. The van der Waals surface area contributed by atoms with Crippen LogP contribution in [0.3, 0.4) is 0 Å². The van der Waals surface area contributed by atoms with Crippen molar-refractivity contribution in [2.75, 3.05) is 26.2 Å². The zero-order valence-corrected chi connectivity index (χ0v) is 18.8. The number of hydrogen-bond acceptors (Lipinski definition) is 8. The van der Waals surface area contributed by atoms with Crippen molar-refractivity contribution in [1.82, 2.24) is 25.1 Å². The topological polar surface area (TPSA) is 114 Å². The summed E-state index contributed by atoms with van der Waals surface area (Å²) in [6.07, 6.45) is 3.02. The Morgan fingerprint density at radius 3 is 2.76 bits per heavy atom. The van der Waals surface area contributed by atoms with Crippen LogP contribution in [0.2, 0.25) is 0 Å². The van der Waals surface area contributed by atoms with Gasteiger partial charge in [0.15, 0.2) is 0 Å². The average Bonchev–Trinajstić information content (AvgIpc) is 3.34. The molecule has 178 valence electrons. The monoisotopic (exact) mass is 467 g/mol. The van der Waals surface area contributed by atoms with Crippen LogP contribution in [0.1, 0.15) is 48.2 Å². The molecule has 0 aliphatic carbocycles. The van der Waals surface area contributed by atoms with Crippen LogP contribution < -0.4 is 5.56 Å². The van der Waals surface area contributed by atoms with E-state index in [9.17, 15) is 14.0 Å². The molecule has 5 rings (SSSR count). The van der Waals surface area contributed by atoms with Gasteiger partial charge < -0.3 is 14.1 Å². The zero-order chi connectivity index (χ0) is 23.5. The number of ether oxygens (including phenoxy) is 1. The van der Waals surface area contributed by atoms with E-state index >= 15 is 0 Å². The first-order valence-corrected chi connectivity index (χ1v) is 11.6. The molecular formula is C24H26FN5O4. The van der Waals surface area contributed by atoms with E-state index in [0.717, 1.165) is 31.6 Å². The number of Topliss-reactive ketones (excluding diaryl/α,β-unsaturated/α-hetero) is 1. The molecule has 0 amide bonds. The third-order valence-electron chi connectivity index (χ3n) is 6.39. The van der Waals surface area contributed by atoms with Gasteiger partial charge in [0.1, 0.15) is 17.4 Å². The lowest BCUT2D eigenvalue weighted by atomic mass is 9.96. The second kappa shape index (κ2) is 9.94. The fraction of sp³-hybridized carbons (Fsp3) is 0.458. The normalized spacial score (nSPS) is 17.0. The number of nitrogens with one attached hydrogen (secondary N) is 1. The van der Waals surface area contributed by atoms with Crippen molar-refractivity contribution in [3.8, 4) is 11.5 Å². The van der Waals surface area contributed by atoms with E-state index in [1.54, 1.807) is 12.1 Å². The quantitative estimate of drug-likeness (QED) is 0.564. The maximum absolute atomic E-state index is 13.1. The summed E-state index contributed by atoms with van der Waals surface area (Å²) >= 11 is 0. The molecule has 4 heterocycles. The van der Waals surface area contributed by atoms with Gasteiger partial charge in [0, 0.05) is 30.7 Å². The molecule has 0 atom stereocenters. The number of halogens is 1. The van der Waals surface area contributed by atoms with Crippen molar-refractivity contribution < 1.29 is 18.3 Å². The van der Waals surface area contributed by atoms with Crippen LogP contribution in [0, 0.1) is 5.82 Å². The van der Waals surface area contributed by atoms with Crippen LogP contribution >= 0.6 is 0 Å². The summed E-state index contributed by atoms with van der Waals surface area (Å²) in [6.45, 7) is 2.76. The predicted molar refractivity (Wildman–Crippen MR) is 120 cm³/mol. The first kappa shape index (κ1) is 22.5. The molecule has 10 heteroatoms. The Morgan fingerprint density at radius 2 is 1.97 bits per heavy atom. The van der Waals surface area contributed by atoms with Crippen LogP contribution in [0.25, 0.3) is 11.5 Å². The highest BCUT2D eigenvalue weighted by atomic mass is 19.1. The largest absolute Gasteiger partial charge is 0.420 e. The molecule has 2 aliphatic heterocycles. The fourth-order valence-corrected chi connectivity index (χ4v) is 4.45. The summed E-state index contributed by atoms with van der Waals surface area (Å²) in [5, 5.41) is 8.29.